The Labute approximate surface area is 98.9 Å². The summed E-state index contributed by atoms with van der Waals surface area (Å²) in [6.45, 7) is 12.2. The molecule has 3 heteroatoms. The smallest absolute Gasteiger partial charge is 0.0841 e. The molecule has 1 saturated heterocycles. The Bertz CT molecular complexity index is 191. The van der Waals surface area contributed by atoms with Crippen molar-refractivity contribution in [2.75, 3.05) is 25.5 Å². The van der Waals surface area contributed by atoms with Crippen LogP contribution in [0.3, 0.4) is 0 Å². The predicted octanol–water partition coefficient (Wildman–Crippen LogP) is 2.75. The van der Waals surface area contributed by atoms with E-state index in [1.807, 2.05) is 0 Å². The molecule has 0 N–H and O–H groups in total. The largest absolute Gasteiger partial charge is 0.371 e. The number of morpholine rings is 1. The third-order valence-corrected chi connectivity index (χ3v) is 3.10. The van der Waals surface area contributed by atoms with E-state index in [1.165, 1.54) is 6.42 Å². The summed E-state index contributed by atoms with van der Waals surface area (Å²) in [4.78, 5) is 2.48. The first kappa shape index (κ1) is 13.3. The molecule has 1 heterocycles. The van der Waals surface area contributed by atoms with E-state index >= 15 is 0 Å². The molecule has 0 aromatic rings. The van der Waals surface area contributed by atoms with Crippen LogP contribution in [0, 0.1) is 5.41 Å². The molecule has 1 rings (SSSR count). The van der Waals surface area contributed by atoms with Crippen LogP contribution in [-0.2, 0) is 4.74 Å². The minimum atomic E-state index is 0.218. The van der Waals surface area contributed by atoms with E-state index in [2.05, 4.69) is 32.6 Å². The van der Waals surface area contributed by atoms with E-state index in [4.69, 9.17) is 16.3 Å². The normalized spacial score (nSPS) is 29.4. The van der Waals surface area contributed by atoms with Crippen molar-refractivity contribution < 1.29 is 4.74 Å². The highest BCUT2D eigenvalue weighted by atomic mass is 35.5. The lowest BCUT2D eigenvalue weighted by Gasteiger charge is -2.37. The summed E-state index contributed by atoms with van der Waals surface area (Å²) in [5.41, 5.74) is 0.415. The minimum Gasteiger partial charge on any atom is -0.371 e. The molecule has 0 bridgehead atoms. The molecular weight excluding hydrogens is 210 g/mol. The highest BCUT2D eigenvalue weighted by Crippen LogP contribution is 2.20. The molecule has 0 saturated carbocycles. The maximum Gasteiger partial charge on any atom is 0.0841 e. The molecule has 2 unspecified atom stereocenters. The highest BCUT2D eigenvalue weighted by Gasteiger charge is 2.25. The van der Waals surface area contributed by atoms with Crippen LogP contribution in [0.15, 0.2) is 0 Å². The van der Waals surface area contributed by atoms with Crippen LogP contribution in [0.1, 0.15) is 34.1 Å². The van der Waals surface area contributed by atoms with Crippen molar-refractivity contribution in [2.45, 2.75) is 46.3 Å². The van der Waals surface area contributed by atoms with Gasteiger partial charge in [0.05, 0.1) is 12.2 Å². The number of halogens is 1. The van der Waals surface area contributed by atoms with Crippen molar-refractivity contribution in [1.82, 2.24) is 4.90 Å². The SMILES string of the molecule is CC1CN(CCC(C)(C)C)CC(CCl)O1. The maximum atomic E-state index is 5.85. The van der Waals surface area contributed by atoms with Gasteiger partial charge < -0.3 is 4.74 Å². The van der Waals surface area contributed by atoms with Crippen molar-refractivity contribution >= 4 is 11.6 Å². The lowest BCUT2D eigenvalue weighted by atomic mass is 9.92. The number of alkyl halides is 1. The highest BCUT2D eigenvalue weighted by molar-refractivity contribution is 6.18. The Morgan fingerprint density at radius 3 is 2.53 bits per heavy atom. The fourth-order valence-electron chi connectivity index (χ4n) is 1.90. The van der Waals surface area contributed by atoms with Crippen LogP contribution >= 0.6 is 11.6 Å². The molecule has 2 atom stereocenters. The van der Waals surface area contributed by atoms with E-state index in [0.29, 0.717) is 17.4 Å². The molecule has 0 spiro atoms. The predicted molar refractivity (Wildman–Crippen MR) is 65.6 cm³/mol. The average molecular weight is 234 g/mol. The van der Waals surface area contributed by atoms with Crippen molar-refractivity contribution in [2.24, 2.45) is 5.41 Å². The summed E-state index contributed by atoms with van der Waals surface area (Å²) in [6, 6.07) is 0. The summed E-state index contributed by atoms with van der Waals surface area (Å²) < 4.78 is 5.72. The van der Waals surface area contributed by atoms with Crippen LogP contribution in [0.2, 0.25) is 0 Å². The first-order valence-electron chi connectivity index (χ1n) is 5.84. The number of nitrogens with zero attached hydrogens (tertiary/aromatic N) is 1. The maximum absolute atomic E-state index is 5.85. The average Bonchev–Trinajstić information content (AvgIpc) is 2.13. The molecule has 1 aliphatic rings. The second-order valence-electron chi connectivity index (χ2n) is 5.79. The van der Waals surface area contributed by atoms with E-state index in [9.17, 15) is 0 Å². The van der Waals surface area contributed by atoms with Crippen LogP contribution < -0.4 is 0 Å². The van der Waals surface area contributed by atoms with Crippen LogP contribution in [0.4, 0.5) is 0 Å². The summed E-state index contributed by atoms with van der Waals surface area (Å²) >= 11 is 5.85. The Hall–Kier alpha value is 0.210. The fourth-order valence-corrected chi connectivity index (χ4v) is 2.07. The topological polar surface area (TPSA) is 12.5 Å². The third-order valence-electron chi connectivity index (χ3n) is 2.75. The number of hydrogen-bond acceptors (Lipinski definition) is 2. The van der Waals surface area contributed by atoms with E-state index < -0.39 is 0 Å². The zero-order valence-corrected chi connectivity index (χ0v) is 11.2. The van der Waals surface area contributed by atoms with Gasteiger partial charge in [-0.15, -0.1) is 11.6 Å². The van der Waals surface area contributed by atoms with Gasteiger partial charge in [0.2, 0.25) is 0 Å². The summed E-state index contributed by atoms with van der Waals surface area (Å²) in [6.07, 6.45) is 1.77. The number of ether oxygens (including phenoxy) is 1. The van der Waals surface area contributed by atoms with Gasteiger partial charge in [-0.25, -0.2) is 0 Å². The second kappa shape index (κ2) is 5.51. The Morgan fingerprint density at radius 2 is 2.00 bits per heavy atom. The van der Waals surface area contributed by atoms with E-state index in [1.54, 1.807) is 0 Å². The van der Waals surface area contributed by atoms with Crippen LogP contribution in [0.5, 0.6) is 0 Å². The standard InChI is InChI=1S/C12H24ClNO/c1-10-8-14(6-5-12(2,3)4)9-11(7-13)15-10/h10-11H,5-9H2,1-4H3. The van der Waals surface area contributed by atoms with Gasteiger partial charge in [-0.1, -0.05) is 20.8 Å². The van der Waals surface area contributed by atoms with Crippen molar-refractivity contribution in [3.63, 3.8) is 0 Å². The molecule has 0 radical (unpaired) electrons. The van der Waals surface area contributed by atoms with Gasteiger partial charge in [0.15, 0.2) is 0 Å². The molecule has 2 nitrogen and oxygen atoms in total. The lowest BCUT2D eigenvalue weighted by Crippen LogP contribution is -2.47. The summed E-state index contributed by atoms with van der Waals surface area (Å²) in [5.74, 6) is 0.607. The lowest BCUT2D eigenvalue weighted by molar-refractivity contribution is -0.0681. The quantitative estimate of drug-likeness (QED) is 0.696. The third kappa shape index (κ3) is 5.19. The monoisotopic (exact) mass is 233 g/mol. The summed E-state index contributed by atoms with van der Waals surface area (Å²) in [7, 11) is 0. The Kier molecular flexibility index (Phi) is 4.88. The number of hydrogen-bond donors (Lipinski definition) is 0. The minimum absolute atomic E-state index is 0.218. The van der Waals surface area contributed by atoms with Gasteiger partial charge in [-0.2, -0.15) is 0 Å². The van der Waals surface area contributed by atoms with Gasteiger partial charge in [-0.05, 0) is 25.3 Å². The molecular formula is C12H24ClNO. The van der Waals surface area contributed by atoms with Gasteiger partial charge in [-0.3, -0.25) is 4.90 Å². The van der Waals surface area contributed by atoms with E-state index in [0.717, 1.165) is 19.6 Å². The first-order chi connectivity index (χ1) is 6.90. The fraction of sp³-hybridized carbons (Fsp3) is 1.00. The van der Waals surface area contributed by atoms with Gasteiger partial charge in [0, 0.05) is 19.0 Å². The molecule has 1 fully saturated rings. The van der Waals surface area contributed by atoms with Crippen LogP contribution in [0.25, 0.3) is 0 Å². The Morgan fingerprint density at radius 1 is 1.33 bits per heavy atom. The molecule has 0 aromatic heterocycles. The van der Waals surface area contributed by atoms with Crippen molar-refractivity contribution in [1.29, 1.82) is 0 Å². The van der Waals surface area contributed by atoms with Gasteiger partial charge in [0.25, 0.3) is 0 Å². The van der Waals surface area contributed by atoms with Gasteiger partial charge in [0.1, 0.15) is 0 Å². The van der Waals surface area contributed by atoms with Crippen LogP contribution in [-0.4, -0.2) is 42.6 Å². The molecule has 0 aliphatic carbocycles. The molecule has 15 heavy (non-hydrogen) atoms. The molecule has 0 amide bonds. The van der Waals surface area contributed by atoms with Crippen molar-refractivity contribution in [3.05, 3.63) is 0 Å². The number of rotatable bonds is 3. The molecule has 1 aliphatic heterocycles. The molecule has 0 aromatic carbocycles. The Balaban J connectivity index is 2.35. The summed E-state index contributed by atoms with van der Waals surface area (Å²) in [5, 5.41) is 0. The first-order valence-corrected chi connectivity index (χ1v) is 6.38. The van der Waals surface area contributed by atoms with Crippen molar-refractivity contribution in [3.8, 4) is 0 Å². The molecule has 90 valence electrons. The second-order valence-corrected chi connectivity index (χ2v) is 6.10. The van der Waals surface area contributed by atoms with Gasteiger partial charge >= 0.3 is 0 Å². The zero-order chi connectivity index (χ0) is 11.5. The zero-order valence-electron chi connectivity index (χ0n) is 10.4. The van der Waals surface area contributed by atoms with E-state index in [-0.39, 0.29) is 6.10 Å².